The van der Waals surface area contributed by atoms with Gasteiger partial charge in [-0.1, -0.05) is 32.0 Å². The Morgan fingerprint density at radius 2 is 2.00 bits per heavy atom. The minimum absolute atomic E-state index is 0.646. The third kappa shape index (κ3) is 3.56. The molecule has 2 N–H and O–H groups in total. The highest BCUT2D eigenvalue weighted by molar-refractivity contribution is 7.19. The number of nitrogens with two attached hydrogens (primary N) is 1. The molecule has 2 rings (SSSR count). The molecular formula is C16H24N2S. The maximum atomic E-state index is 5.90. The monoisotopic (exact) mass is 276 g/mol. The first kappa shape index (κ1) is 14.5. The van der Waals surface area contributed by atoms with E-state index >= 15 is 0 Å². The third-order valence-corrected chi connectivity index (χ3v) is 4.72. The molecule has 1 aromatic carbocycles. The molecule has 104 valence electrons. The molecule has 3 heteroatoms. The quantitative estimate of drug-likeness (QED) is 0.868. The molecule has 0 saturated carbocycles. The second kappa shape index (κ2) is 6.51. The summed E-state index contributed by atoms with van der Waals surface area (Å²) < 4.78 is 1.36. The van der Waals surface area contributed by atoms with Crippen molar-refractivity contribution in [1.82, 2.24) is 4.90 Å². The summed E-state index contributed by atoms with van der Waals surface area (Å²) in [7, 11) is 2.20. The Kier molecular flexibility index (Phi) is 4.97. The Morgan fingerprint density at radius 1 is 1.26 bits per heavy atom. The average Bonchev–Trinajstić information content (AvgIpc) is 2.75. The van der Waals surface area contributed by atoms with Crippen LogP contribution in [0.25, 0.3) is 10.1 Å². The summed E-state index contributed by atoms with van der Waals surface area (Å²) in [6.45, 7) is 7.35. The van der Waals surface area contributed by atoms with Crippen molar-refractivity contribution < 1.29 is 0 Å². The molecule has 0 amide bonds. The molecule has 0 aliphatic heterocycles. The summed E-state index contributed by atoms with van der Waals surface area (Å²) in [5.74, 6) is 0.760. The molecule has 0 radical (unpaired) electrons. The summed E-state index contributed by atoms with van der Waals surface area (Å²) >= 11 is 1.84. The molecule has 0 bridgehead atoms. The van der Waals surface area contributed by atoms with Crippen LogP contribution in [-0.4, -0.2) is 18.5 Å². The molecular weight excluding hydrogens is 252 g/mol. The lowest BCUT2D eigenvalue weighted by Crippen LogP contribution is -2.21. The molecule has 0 aliphatic rings. The van der Waals surface area contributed by atoms with Gasteiger partial charge in [-0.25, -0.2) is 0 Å². The summed E-state index contributed by atoms with van der Waals surface area (Å²) in [5, 5.41) is 1.38. The zero-order valence-electron chi connectivity index (χ0n) is 12.1. The summed E-state index contributed by atoms with van der Waals surface area (Å²) in [6.07, 6.45) is 1.25. The average molecular weight is 276 g/mol. The van der Waals surface area contributed by atoms with Crippen LogP contribution in [-0.2, 0) is 13.1 Å². The van der Waals surface area contributed by atoms with Crippen LogP contribution in [0.4, 0.5) is 0 Å². The van der Waals surface area contributed by atoms with Gasteiger partial charge >= 0.3 is 0 Å². The van der Waals surface area contributed by atoms with Crippen LogP contribution >= 0.6 is 11.3 Å². The first-order valence-electron chi connectivity index (χ1n) is 6.99. The Bertz CT molecular complexity index is 531. The van der Waals surface area contributed by atoms with Gasteiger partial charge in [-0.05, 0) is 42.9 Å². The first-order chi connectivity index (χ1) is 9.11. The van der Waals surface area contributed by atoms with Gasteiger partial charge in [-0.3, -0.25) is 0 Å². The largest absolute Gasteiger partial charge is 0.326 e. The number of thiophene rings is 1. The van der Waals surface area contributed by atoms with Crippen LogP contribution in [0.3, 0.4) is 0 Å². The minimum Gasteiger partial charge on any atom is -0.326 e. The van der Waals surface area contributed by atoms with Crippen molar-refractivity contribution >= 4 is 21.4 Å². The maximum Gasteiger partial charge on any atom is 0.0349 e. The van der Waals surface area contributed by atoms with Gasteiger partial charge in [0, 0.05) is 22.7 Å². The molecule has 1 aromatic heterocycles. The van der Waals surface area contributed by atoms with E-state index in [-0.39, 0.29) is 0 Å². The predicted octanol–water partition coefficient (Wildman–Crippen LogP) is 3.84. The molecule has 0 spiro atoms. The summed E-state index contributed by atoms with van der Waals surface area (Å²) in [4.78, 5) is 3.74. The van der Waals surface area contributed by atoms with Crippen LogP contribution in [0.5, 0.6) is 0 Å². The highest BCUT2D eigenvalue weighted by Crippen LogP contribution is 2.31. The maximum absolute atomic E-state index is 5.90. The zero-order valence-corrected chi connectivity index (χ0v) is 13.0. The lowest BCUT2D eigenvalue weighted by atomic mass is 10.1. The van der Waals surface area contributed by atoms with E-state index in [1.807, 2.05) is 11.3 Å². The Balaban J connectivity index is 2.18. The minimum atomic E-state index is 0.646. The normalized spacial score (nSPS) is 11.9. The second-order valence-corrected chi connectivity index (χ2v) is 6.76. The Labute approximate surface area is 120 Å². The fourth-order valence-electron chi connectivity index (χ4n) is 2.32. The molecule has 1 heterocycles. The SMILES string of the molecule is CC(C)CCN(C)Cc1c(CN)sc2ccccc12. The van der Waals surface area contributed by atoms with Crippen molar-refractivity contribution in [3.63, 3.8) is 0 Å². The highest BCUT2D eigenvalue weighted by Gasteiger charge is 2.12. The number of hydrogen-bond acceptors (Lipinski definition) is 3. The van der Waals surface area contributed by atoms with Crippen molar-refractivity contribution in [2.45, 2.75) is 33.4 Å². The standard InChI is InChI=1S/C16H24N2S/c1-12(2)8-9-18(3)11-14-13-6-4-5-7-15(13)19-16(14)10-17/h4-7,12H,8-11,17H2,1-3H3. The molecule has 0 aliphatic carbocycles. The van der Waals surface area contributed by atoms with E-state index in [4.69, 9.17) is 5.73 Å². The second-order valence-electron chi connectivity index (χ2n) is 5.62. The highest BCUT2D eigenvalue weighted by atomic mass is 32.1. The smallest absolute Gasteiger partial charge is 0.0349 e. The number of benzene rings is 1. The van der Waals surface area contributed by atoms with Crippen molar-refractivity contribution in [2.75, 3.05) is 13.6 Å². The molecule has 19 heavy (non-hydrogen) atoms. The van der Waals surface area contributed by atoms with Crippen molar-refractivity contribution in [1.29, 1.82) is 0 Å². The van der Waals surface area contributed by atoms with Gasteiger partial charge < -0.3 is 10.6 Å². The lowest BCUT2D eigenvalue weighted by Gasteiger charge is -2.18. The van der Waals surface area contributed by atoms with Gasteiger partial charge in [-0.15, -0.1) is 11.3 Å². The van der Waals surface area contributed by atoms with Crippen LogP contribution < -0.4 is 5.73 Å². The van der Waals surface area contributed by atoms with E-state index in [9.17, 15) is 0 Å². The summed E-state index contributed by atoms with van der Waals surface area (Å²) in [5.41, 5.74) is 7.33. The number of rotatable bonds is 6. The number of nitrogens with zero attached hydrogens (tertiary/aromatic N) is 1. The number of fused-ring (bicyclic) bond motifs is 1. The van der Waals surface area contributed by atoms with E-state index in [1.54, 1.807) is 0 Å². The molecule has 2 nitrogen and oxygen atoms in total. The van der Waals surface area contributed by atoms with Gasteiger partial charge in [-0.2, -0.15) is 0 Å². The van der Waals surface area contributed by atoms with Gasteiger partial charge in [0.05, 0.1) is 0 Å². The van der Waals surface area contributed by atoms with E-state index in [2.05, 4.69) is 50.1 Å². The Hall–Kier alpha value is -0.900. The van der Waals surface area contributed by atoms with Crippen molar-refractivity contribution in [3.8, 4) is 0 Å². The molecule has 0 unspecified atom stereocenters. The van der Waals surface area contributed by atoms with Crippen LogP contribution in [0, 0.1) is 5.92 Å². The van der Waals surface area contributed by atoms with Crippen LogP contribution in [0.2, 0.25) is 0 Å². The van der Waals surface area contributed by atoms with Gasteiger partial charge in [0.2, 0.25) is 0 Å². The molecule has 0 atom stereocenters. The van der Waals surface area contributed by atoms with Crippen LogP contribution in [0.1, 0.15) is 30.7 Å². The zero-order chi connectivity index (χ0) is 13.8. The van der Waals surface area contributed by atoms with E-state index in [0.29, 0.717) is 6.54 Å². The third-order valence-electron chi connectivity index (χ3n) is 3.48. The van der Waals surface area contributed by atoms with Crippen LogP contribution in [0.15, 0.2) is 24.3 Å². The van der Waals surface area contributed by atoms with Gasteiger partial charge in [0.25, 0.3) is 0 Å². The van der Waals surface area contributed by atoms with Crippen molar-refractivity contribution in [2.24, 2.45) is 11.7 Å². The summed E-state index contributed by atoms with van der Waals surface area (Å²) in [6, 6.07) is 8.63. The molecule has 2 aromatic rings. The van der Waals surface area contributed by atoms with E-state index < -0.39 is 0 Å². The number of hydrogen-bond donors (Lipinski definition) is 1. The van der Waals surface area contributed by atoms with Gasteiger partial charge in [0.1, 0.15) is 0 Å². The van der Waals surface area contributed by atoms with Gasteiger partial charge in [0.15, 0.2) is 0 Å². The predicted molar refractivity (Wildman–Crippen MR) is 85.5 cm³/mol. The van der Waals surface area contributed by atoms with E-state index in [1.165, 1.54) is 26.9 Å². The lowest BCUT2D eigenvalue weighted by molar-refractivity contribution is 0.304. The fraction of sp³-hybridized carbons (Fsp3) is 0.500. The molecule has 0 saturated heterocycles. The topological polar surface area (TPSA) is 29.3 Å². The fourth-order valence-corrected chi connectivity index (χ4v) is 3.41. The molecule has 0 fully saturated rings. The van der Waals surface area contributed by atoms with Crippen molar-refractivity contribution in [3.05, 3.63) is 34.7 Å². The first-order valence-corrected chi connectivity index (χ1v) is 7.81. The van der Waals surface area contributed by atoms with E-state index in [0.717, 1.165) is 19.0 Å². The Morgan fingerprint density at radius 3 is 2.68 bits per heavy atom.